The molecule has 106 valence electrons. The maximum atomic E-state index is 6.76. The van der Waals surface area contributed by atoms with Gasteiger partial charge in [-0.3, -0.25) is 0 Å². The van der Waals surface area contributed by atoms with Crippen LogP contribution in [-0.4, -0.2) is 25.8 Å². The Labute approximate surface area is 141 Å². The van der Waals surface area contributed by atoms with Crippen LogP contribution < -0.4 is 0 Å². The molecule has 3 fully saturated rings. The summed E-state index contributed by atoms with van der Waals surface area (Å²) in [5, 5.41) is 0.584. The van der Waals surface area contributed by atoms with Crippen molar-refractivity contribution in [1.82, 2.24) is 0 Å². The lowest BCUT2D eigenvalue weighted by molar-refractivity contribution is 0.220. The van der Waals surface area contributed by atoms with E-state index in [0.717, 1.165) is 12.8 Å². The standard InChI is InChI=1S/C12H10Cl6O/c1-9-3-5-4(2-6(9)19-9)10(15)7(13)8(14)11(5,16)12(10,17)18/h4-6H,2-3H2,1H3. The number of alkyl halides is 4. The number of ether oxygens (including phenoxy) is 1. The summed E-state index contributed by atoms with van der Waals surface area (Å²) < 4.78 is 4.34. The first-order chi connectivity index (χ1) is 8.60. The Morgan fingerprint density at radius 3 is 2.11 bits per heavy atom. The number of hydrogen-bond donors (Lipinski definition) is 0. The molecule has 0 aromatic carbocycles. The van der Waals surface area contributed by atoms with Crippen LogP contribution in [-0.2, 0) is 4.74 Å². The third-order valence-electron chi connectivity index (χ3n) is 5.38. The van der Waals surface area contributed by atoms with Crippen molar-refractivity contribution in [2.24, 2.45) is 11.8 Å². The van der Waals surface area contributed by atoms with Gasteiger partial charge in [-0.25, -0.2) is 0 Å². The Hall–Kier alpha value is 1.44. The predicted octanol–water partition coefficient (Wildman–Crippen LogP) is 5.02. The molecule has 6 unspecified atom stereocenters. The Kier molecular flexibility index (Phi) is 2.59. The highest BCUT2D eigenvalue weighted by atomic mass is 35.5. The van der Waals surface area contributed by atoms with E-state index in [1.807, 2.05) is 0 Å². The summed E-state index contributed by atoms with van der Waals surface area (Å²) in [6.45, 7) is 2.07. The van der Waals surface area contributed by atoms with Gasteiger partial charge >= 0.3 is 0 Å². The normalized spacial score (nSPS) is 61.1. The lowest BCUT2D eigenvalue weighted by atomic mass is 9.69. The number of allylic oxidation sites excluding steroid dienone is 2. The van der Waals surface area contributed by atoms with Crippen LogP contribution in [0.1, 0.15) is 19.8 Å². The molecule has 0 amide bonds. The average molecular weight is 383 g/mol. The maximum Gasteiger partial charge on any atom is 0.166 e. The zero-order valence-corrected chi connectivity index (χ0v) is 14.4. The highest BCUT2D eigenvalue weighted by molar-refractivity contribution is 6.65. The summed E-state index contributed by atoms with van der Waals surface area (Å²) in [7, 11) is 0. The molecular weight excluding hydrogens is 373 g/mol. The van der Waals surface area contributed by atoms with Crippen molar-refractivity contribution in [1.29, 1.82) is 0 Å². The minimum Gasteiger partial charge on any atom is -0.366 e. The Morgan fingerprint density at radius 2 is 1.53 bits per heavy atom. The summed E-state index contributed by atoms with van der Waals surface area (Å²) in [4.78, 5) is -2.24. The van der Waals surface area contributed by atoms with Crippen molar-refractivity contribution < 1.29 is 4.74 Å². The molecule has 4 aliphatic rings. The van der Waals surface area contributed by atoms with E-state index in [4.69, 9.17) is 74.3 Å². The molecule has 7 heteroatoms. The van der Waals surface area contributed by atoms with Crippen molar-refractivity contribution in [3.05, 3.63) is 10.1 Å². The molecular formula is C12H10Cl6O. The molecule has 3 aliphatic carbocycles. The van der Waals surface area contributed by atoms with E-state index in [1.165, 1.54) is 0 Å². The molecule has 6 atom stereocenters. The van der Waals surface area contributed by atoms with Gasteiger partial charge in [-0.1, -0.05) is 46.4 Å². The molecule has 0 spiro atoms. The van der Waals surface area contributed by atoms with Crippen molar-refractivity contribution >= 4 is 69.6 Å². The monoisotopic (exact) mass is 380 g/mol. The third-order valence-corrected chi connectivity index (χ3v) is 9.73. The molecule has 2 saturated carbocycles. The summed E-state index contributed by atoms with van der Waals surface area (Å²) >= 11 is 39.2. The smallest absolute Gasteiger partial charge is 0.166 e. The average Bonchev–Trinajstić information content (AvgIpc) is 2.96. The molecule has 0 N–H and O–H groups in total. The first-order valence-corrected chi connectivity index (χ1v) is 8.37. The molecule has 0 aromatic rings. The second kappa shape index (κ2) is 3.50. The van der Waals surface area contributed by atoms with Gasteiger partial charge in [0.15, 0.2) is 4.33 Å². The van der Waals surface area contributed by atoms with Gasteiger partial charge in [0.2, 0.25) is 0 Å². The Bertz CT molecular complexity index is 532. The fourth-order valence-corrected chi connectivity index (χ4v) is 7.35. The topological polar surface area (TPSA) is 12.5 Å². The van der Waals surface area contributed by atoms with Crippen LogP contribution in [0.2, 0.25) is 0 Å². The summed E-state index contributed by atoms with van der Waals surface area (Å²) in [5.74, 6) is -0.0438. The van der Waals surface area contributed by atoms with Crippen molar-refractivity contribution in [2.75, 3.05) is 0 Å². The lowest BCUT2D eigenvalue weighted by Gasteiger charge is -2.40. The molecule has 19 heavy (non-hydrogen) atoms. The SMILES string of the molecule is CC12CC3C(CC1O2)C1(Cl)C(Cl)=C(Cl)C3(Cl)C1(Cl)Cl. The van der Waals surface area contributed by atoms with Gasteiger partial charge in [0.1, 0.15) is 9.75 Å². The zero-order valence-electron chi connectivity index (χ0n) is 9.82. The summed E-state index contributed by atoms with van der Waals surface area (Å²) in [6.07, 6.45) is 1.71. The van der Waals surface area contributed by atoms with Crippen molar-refractivity contribution in [3.8, 4) is 0 Å². The number of fused-ring (bicyclic) bond motifs is 6. The zero-order chi connectivity index (χ0) is 14.0. The quantitative estimate of drug-likeness (QED) is 0.423. The highest BCUT2D eigenvalue weighted by Gasteiger charge is 2.84. The maximum absolute atomic E-state index is 6.76. The number of epoxide rings is 1. The molecule has 1 aliphatic heterocycles. The van der Waals surface area contributed by atoms with E-state index in [0.29, 0.717) is 10.1 Å². The molecule has 2 bridgehead atoms. The molecule has 1 heterocycles. The van der Waals surface area contributed by atoms with Gasteiger partial charge in [-0.15, -0.1) is 23.2 Å². The van der Waals surface area contributed by atoms with Gasteiger partial charge in [-0.05, 0) is 31.6 Å². The van der Waals surface area contributed by atoms with Crippen LogP contribution >= 0.6 is 69.6 Å². The number of hydrogen-bond acceptors (Lipinski definition) is 1. The van der Waals surface area contributed by atoms with Crippen LogP contribution in [0.4, 0.5) is 0 Å². The Morgan fingerprint density at radius 1 is 1.00 bits per heavy atom. The molecule has 1 saturated heterocycles. The molecule has 1 nitrogen and oxygen atoms in total. The fourth-order valence-electron chi connectivity index (χ4n) is 4.25. The Balaban J connectivity index is 1.92. The number of rotatable bonds is 0. The summed E-state index contributed by atoms with van der Waals surface area (Å²) in [6, 6.07) is 0. The van der Waals surface area contributed by atoms with E-state index < -0.39 is 14.1 Å². The second-order valence-corrected chi connectivity index (χ2v) is 9.47. The lowest BCUT2D eigenvalue weighted by Crippen LogP contribution is -2.44. The molecule has 4 rings (SSSR count). The third kappa shape index (κ3) is 1.23. The fraction of sp³-hybridized carbons (Fsp3) is 0.833. The molecule has 0 aromatic heterocycles. The van der Waals surface area contributed by atoms with Crippen LogP contribution in [0.15, 0.2) is 10.1 Å². The van der Waals surface area contributed by atoms with Crippen molar-refractivity contribution in [2.45, 2.75) is 45.6 Å². The first-order valence-electron chi connectivity index (χ1n) is 6.10. The van der Waals surface area contributed by atoms with E-state index in [-0.39, 0.29) is 23.5 Å². The van der Waals surface area contributed by atoms with Crippen molar-refractivity contribution in [3.63, 3.8) is 0 Å². The second-order valence-electron chi connectivity index (χ2n) is 6.20. The molecule has 0 radical (unpaired) electrons. The predicted molar refractivity (Wildman–Crippen MR) is 79.8 cm³/mol. The van der Waals surface area contributed by atoms with E-state index in [1.54, 1.807) is 0 Å². The van der Waals surface area contributed by atoms with E-state index >= 15 is 0 Å². The van der Waals surface area contributed by atoms with Gasteiger partial charge in [-0.2, -0.15) is 0 Å². The van der Waals surface area contributed by atoms with Gasteiger partial charge < -0.3 is 4.74 Å². The summed E-state index contributed by atoms with van der Waals surface area (Å²) in [5.41, 5.74) is -0.145. The van der Waals surface area contributed by atoms with Crippen LogP contribution in [0, 0.1) is 11.8 Å². The minimum absolute atomic E-state index is 0.0164. The van der Waals surface area contributed by atoms with E-state index in [2.05, 4.69) is 6.92 Å². The van der Waals surface area contributed by atoms with Gasteiger partial charge in [0.05, 0.1) is 21.8 Å². The van der Waals surface area contributed by atoms with Gasteiger partial charge in [0, 0.05) is 0 Å². The minimum atomic E-state index is -1.40. The van der Waals surface area contributed by atoms with Crippen LogP contribution in [0.5, 0.6) is 0 Å². The number of halogens is 6. The van der Waals surface area contributed by atoms with Gasteiger partial charge in [0.25, 0.3) is 0 Å². The van der Waals surface area contributed by atoms with Crippen LogP contribution in [0.3, 0.4) is 0 Å². The van der Waals surface area contributed by atoms with E-state index in [9.17, 15) is 0 Å². The first kappa shape index (κ1) is 14.1. The highest BCUT2D eigenvalue weighted by Crippen LogP contribution is 2.80. The largest absolute Gasteiger partial charge is 0.366 e. The van der Waals surface area contributed by atoms with Crippen LogP contribution in [0.25, 0.3) is 0 Å².